The molecule has 0 bridgehead atoms. The molecular formula is C13H17NO3. The fourth-order valence-electron chi connectivity index (χ4n) is 1.56. The van der Waals surface area contributed by atoms with E-state index in [0.717, 1.165) is 23.5 Å². The van der Waals surface area contributed by atoms with E-state index in [-0.39, 0.29) is 0 Å². The molecule has 0 radical (unpaired) electrons. The summed E-state index contributed by atoms with van der Waals surface area (Å²) in [4.78, 5) is 5.16. The summed E-state index contributed by atoms with van der Waals surface area (Å²) >= 11 is 0. The minimum absolute atomic E-state index is 0.295. The Bertz CT molecular complexity index is 390. The van der Waals surface area contributed by atoms with Crippen molar-refractivity contribution in [3.05, 3.63) is 23.8 Å². The van der Waals surface area contributed by atoms with Crippen molar-refractivity contribution in [1.82, 2.24) is 0 Å². The molecule has 0 amide bonds. The van der Waals surface area contributed by atoms with Crippen molar-refractivity contribution in [1.29, 1.82) is 0 Å². The smallest absolute Gasteiger partial charge is 0.231 e. The van der Waals surface area contributed by atoms with Gasteiger partial charge in [0.05, 0.1) is 6.21 Å². The van der Waals surface area contributed by atoms with Crippen LogP contribution in [0.25, 0.3) is 0 Å². The third kappa shape index (κ3) is 3.37. The number of hydrogen-bond donors (Lipinski definition) is 0. The lowest BCUT2D eigenvalue weighted by atomic mass is 10.2. The Morgan fingerprint density at radius 3 is 3.06 bits per heavy atom. The zero-order valence-corrected chi connectivity index (χ0v) is 10.0. The van der Waals surface area contributed by atoms with Gasteiger partial charge in [-0.15, -0.1) is 0 Å². The maximum Gasteiger partial charge on any atom is 0.231 e. The summed E-state index contributed by atoms with van der Waals surface area (Å²) in [6, 6.07) is 5.69. The van der Waals surface area contributed by atoms with Crippen LogP contribution < -0.4 is 9.47 Å². The fourth-order valence-corrected chi connectivity index (χ4v) is 1.56. The molecule has 2 rings (SSSR count). The lowest BCUT2D eigenvalue weighted by Crippen LogP contribution is -1.93. The molecule has 0 fully saturated rings. The van der Waals surface area contributed by atoms with Crippen molar-refractivity contribution in [3.8, 4) is 11.5 Å². The number of rotatable bonds is 6. The second-order valence-electron chi connectivity index (χ2n) is 3.89. The van der Waals surface area contributed by atoms with Crippen molar-refractivity contribution in [3.63, 3.8) is 0 Å². The molecule has 4 heteroatoms. The standard InChI is InChI=1S/C13H17NO3/c1-2-3-4-7-17-14-9-11-5-6-12-13(8-11)16-10-15-12/h5-6,8-9H,2-4,7,10H2,1H3/b14-9+. The molecule has 0 unspecified atom stereocenters. The van der Waals surface area contributed by atoms with Crippen LogP contribution in [0.1, 0.15) is 31.7 Å². The number of nitrogens with zero attached hydrogens (tertiary/aromatic N) is 1. The Kier molecular flexibility index (Phi) is 4.24. The van der Waals surface area contributed by atoms with Crippen LogP contribution in [-0.4, -0.2) is 19.6 Å². The van der Waals surface area contributed by atoms with Gasteiger partial charge < -0.3 is 14.3 Å². The number of unbranched alkanes of at least 4 members (excludes halogenated alkanes) is 2. The second-order valence-corrected chi connectivity index (χ2v) is 3.89. The molecule has 92 valence electrons. The summed E-state index contributed by atoms with van der Waals surface area (Å²) in [6.45, 7) is 3.13. The van der Waals surface area contributed by atoms with Gasteiger partial charge in [-0.2, -0.15) is 0 Å². The second kappa shape index (κ2) is 6.13. The summed E-state index contributed by atoms with van der Waals surface area (Å²) < 4.78 is 10.5. The summed E-state index contributed by atoms with van der Waals surface area (Å²) in [5, 5.41) is 3.92. The molecule has 0 spiro atoms. The predicted octanol–water partition coefficient (Wildman–Crippen LogP) is 2.96. The molecule has 17 heavy (non-hydrogen) atoms. The van der Waals surface area contributed by atoms with Crippen LogP contribution in [0, 0.1) is 0 Å². The fraction of sp³-hybridized carbons (Fsp3) is 0.462. The summed E-state index contributed by atoms with van der Waals surface area (Å²) in [5.41, 5.74) is 0.949. The maximum atomic E-state index is 5.27. The van der Waals surface area contributed by atoms with Gasteiger partial charge in [0.15, 0.2) is 11.5 Å². The predicted molar refractivity (Wildman–Crippen MR) is 65.6 cm³/mol. The van der Waals surface area contributed by atoms with Crippen molar-refractivity contribution in [2.45, 2.75) is 26.2 Å². The van der Waals surface area contributed by atoms with E-state index in [0.29, 0.717) is 13.4 Å². The number of hydrogen-bond acceptors (Lipinski definition) is 4. The Hall–Kier alpha value is -1.71. The molecule has 0 atom stereocenters. The first kappa shape index (κ1) is 11.8. The van der Waals surface area contributed by atoms with Gasteiger partial charge in [0.2, 0.25) is 6.79 Å². The minimum atomic E-state index is 0.295. The van der Waals surface area contributed by atoms with Gasteiger partial charge in [-0.3, -0.25) is 0 Å². The summed E-state index contributed by atoms with van der Waals surface area (Å²) in [6.07, 6.45) is 5.11. The van der Waals surface area contributed by atoms with E-state index in [1.54, 1.807) is 6.21 Å². The molecular weight excluding hydrogens is 218 g/mol. The Labute approximate surface area is 101 Å². The Morgan fingerprint density at radius 2 is 2.18 bits per heavy atom. The third-order valence-corrected chi connectivity index (χ3v) is 2.51. The molecule has 0 saturated carbocycles. The van der Waals surface area contributed by atoms with Crippen LogP contribution in [0.3, 0.4) is 0 Å². The Balaban J connectivity index is 1.80. The lowest BCUT2D eigenvalue weighted by Gasteiger charge is -1.98. The number of fused-ring (bicyclic) bond motifs is 1. The average Bonchev–Trinajstić information content (AvgIpc) is 2.81. The highest BCUT2D eigenvalue weighted by Crippen LogP contribution is 2.31. The topological polar surface area (TPSA) is 40.0 Å². The van der Waals surface area contributed by atoms with Crippen molar-refractivity contribution >= 4 is 6.21 Å². The monoisotopic (exact) mass is 235 g/mol. The quantitative estimate of drug-likeness (QED) is 0.432. The zero-order chi connectivity index (χ0) is 11.9. The largest absolute Gasteiger partial charge is 0.454 e. The summed E-state index contributed by atoms with van der Waals surface area (Å²) in [7, 11) is 0. The first-order valence-corrected chi connectivity index (χ1v) is 5.95. The third-order valence-electron chi connectivity index (χ3n) is 2.51. The van der Waals surface area contributed by atoms with E-state index >= 15 is 0 Å². The van der Waals surface area contributed by atoms with Gasteiger partial charge in [0.25, 0.3) is 0 Å². The van der Waals surface area contributed by atoms with Crippen molar-refractivity contribution in [2.24, 2.45) is 5.16 Å². The molecule has 0 aromatic heterocycles. The van der Waals surface area contributed by atoms with Crippen LogP contribution in [-0.2, 0) is 4.84 Å². The first-order valence-electron chi connectivity index (χ1n) is 5.95. The number of oxime groups is 1. The normalized spacial score (nSPS) is 13.2. The van der Waals surface area contributed by atoms with Crippen LogP contribution in [0.15, 0.2) is 23.4 Å². The average molecular weight is 235 g/mol. The molecule has 1 aromatic carbocycles. The maximum absolute atomic E-state index is 5.27. The van der Waals surface area contributed by atoms with E-state index in [1.165, 1.54) is 12.8 Å². The van der Waals surface area contributed by atoms with E-state index in [9.17, 15) is 0 Å². The van der Waals surface area contributed by atoms with E-state index in [2.05, 4.69) is 12.1 Å². The van der Waals surface area contributed by atoms with Crippen LogP contribution in [0.4, 0.5) is 0 Å². The number of benzene rings is 1. The van der Waals surface area contributed by atoms with Gasteiger partial charge >= 0.3 is 0 Å². The zero-order valence-electron chi connectivity index (χ0n) is 10.0. The lowest BCUT2D eigenvalue weighted by molar-refractivity contribution is 0.141. The Morgan fingerprint density at radius 1 is 1.29 bits per heavy atom. The molecule has 0 saturated heterocycles. The summed E-state index contributed by atoms with van der Waals surface area (Å²) in [5.74, 6) is 1.55. The van der Waals surface area contributed by atoms with Crippen LogP contribution in [0.2, 0.25) is 0 Å². The van der Waals surface area contributed by atoms with E-state index in [1.807, 2.05) is 18.2 Å². The van der Waals surface area contributed by atoms with Crippen molar-refractivity contribution in [2.75, 3.05) is 13.4 Å². The molecule has 0 aliphatic carbocycles. The highest BCUT2D eigenvalue weighted by Gasteiger charge is 2.12. The van der Waals surface area contributed by atoms with E-state index < -0.39 is 0 Å². The highest BCUT2D eigenvalue weighted by molar-refractivity contribution is 5.80. The minimum Gasteiger partial charge on any atom is -0.454 e. The number of ether oxygens (including phenoxy) is 2. The molecule has 1 aliphatic rings. The van der Waals surface area contributed by atoms with Crippen LogP contribution >= 0.6 is 0 Å². The SMILES string of the molecule is CCCCCO/N=C/c1ccc2c(c1)OCO2. The highest BCUT2D eigenvalue weighted by atomic mass is 16.7. The van der Waals surface area contributed by atoms with Crippen molar-refractivity contribution < 1.29 is 14.3 Å². The molecule has 4 nitrogen and oxygen atoms in total. The molecule has 1 aromatic rings. The first-order chi connectivity index (χ1) is 8.40. The van der Waals surface area contributed by atoms with Crippen LogP contribution in [0.5, 0.6) is 11.5 Å². The molecule has 1 heterocycles. The van der Waals surface area contributed by atoms with Gasteiger partial charge in [-0.25, -0.2) is 0 Å². The van der Waals surface area contributed by atoms with Gasteiger partial charge in [-0.1, -0.05) is 24.9 Å². The molecule has 1 aliphatic heterocycles. The van der Waals surface area contributed by atoms with E-state index in [4.69, 9.17) is 14.3 Å². The van der Waals surface area contributed by atoms with Gasteiger partial charge in [-0.05, 0) is 24.6 Å². The molecule has 0 N–H and O–H groups in total. The van der Waals surface area contributed by atoms with Gasteiger partial charge in [0, 0.05) is 5.56 Å². The van der Waals surface area contributed by atoms with Gasteiger partial charge in [0.1, 0.15) is 6.61 Å².